The van der Waals surface area contributed by atoms with E-state index in [0.29, 0.717) is 12.0 Å². The summed E-state index contributed by atoms with van der Waals surface area (Å²) in [5, 5.41) is 3.86. The smallest absolute Gasteiger partial charge is 0.271 e. The van der Waals surface area contributed by atoms with Gasteiger partial charge in [-0.3, -0.25) is 9.59 Å². The first-order valence-electron chi connectivity index (χ1n) is 5.72. The fourth-order valence-electron chi connectivity index (χ4n) is 1.77. The Morgan fingerprint density at radius 2 is 2.11 bits per heavy atom. The number of para-hydroxylation sites is 1. The molecule has 0 aliphatic rings. The molecule has 0 saturated carbocycles. The van der Waals surface area contributed by atoms with Gasteiger partial charge in [0.25, 0.3) is 11.5 Å². The lowest BCUT2D eigenvalue weighted by atomic mass is 10.1. The number of hydrogen-bond donors (Lipinski definition) is 1. The van der Waals surface area contributed by atoms with Gasteiger partial charge < -0.3 is 5.73 Å². The van der Waals surface area contributed by atoms with Gasteiger partial charge in [0.05, 0.1) is 0 Å². The van der Waals surface area contributed by atoms with Crippen molar-refractivity contribution in [1.29, 1.82) is 0 Å². The summed E-state index contributed by atoms with van der Waals surface area (Å²) in [6, 6.07) is 6.93. The lowest BCUT2D eigenvalue weighted by Crippen LogP contribution is -2.28. The molecule has 1 amide bonds. The molecule has 0 unspecified atom stereocenters. The highest BCUT2D eigenvalue weighted by Gasteiger charge is 2.14. The van der Waals surface area contributed by atoms with Crippen LogP contribution in [-0.4, -0.2) is 15.7 Å². The van der Waals surface area contributed by atoms with E-state index < -0.39 is 17.3 Å². The fourth-order valence-corrected chi connectivity index (χ4v) is 1.77. The van der Waals surface area contributed by atoms with Crippen molar-refractivity contribution in [2.24, 2.45) is 5.73 Å². The largest absolute Gasteiger partial charge is 0.364 e. The van der Waals surface area contributed by atoms with Gasteiger partial charge in [0.15, 0.2) is 5.69 Å². The predicted octanol–water partition coefficient (Wildman–Crippen LogP) is 1.03. The molecule has 0 atom stereocenters. The van der Waals surface area contributed by atoms with E-state index in [4.69, 9.17) is 5.73 Å². The molecule has 2 aromatic rings. The highest BCUT2D eigenvalue weighted by molar-refractivity contribution is 5.92. The van der Waals surface area contributed by atoms with Crippen LogP contribution >= 0.6 is 0 Å². The van der Waals surface area contributed by atoms with Crippen LogP contribution in [-0.2, 0) is 6.42 Å². The zero-order chi connectivity index (χ0) is 14.0. The molecule has 1 aromatic carbocycles. The third-order valence-corrected chi connectivity index (χ3v) is 2.71. The summed E-state index contributed by atoms with van der Waals surface area (Å²) in [5.74, 6) is -1.35. The van der Waals surface area contributed by atoms with Gasteiger partial charge in [-0.2, -0.15) is 9.78 Å². The van der Waals surface area contributed by atoms with Crippen molar-refractivity contribution in [3.05, 3.63) is 57.8 Å². The summed E-state index contributed by atoms with van der Waals surface area (Å²) >= 11 is 0. The van der Waals surface area contributed by atoms with Gasteiger partial charge in [-0.05, 0) is 24.1 Å². The second-order valence-corrected chi connectivity index (χ2v) is 3.94. The summed E-state index contributed by atoms with van der Waals surface area (Å²) in [6.07, 6.45) is 0.443. The van der Waals surface area contributed by atoms with Crippen LogP contribution in [0.1, 0.15) is 23.0 Å². The van der Waals surface area contributed by atoms with Gasteiger partial charge in [0, 0.05) is 6.07 Å². The standard InChI is InChI=1S/C13H12FN3O2/c1-2-8-7-11(18)17(16-12(8)13(15)19)10-6-4-3-5-9(10)14/h3-7H,2H2,1H3,(H2,15,19). The summed E-state index contributed by atoms with van der Waals surface area (Å²) < 4.78 is 14.5. The van der Waals surface area contributed by atoms with Crippen molar-refractivity contribution in [3.63, 3.8) is 0 Å². The van der Waals surface area contributed by atoms with Gasteiger partial charge in [-0.15, -0.1) is 0 Å². The van der Waals surface area contributed by atoms with Crippen molar-refractivity contribution < 1.29 is 9.18 Å². The highest BCUT2D eigenvalue weighted by Crippen LogP contribution is 2.11. The topological polar surface area (TPSA) is 78.0 Å². The molecule has 1 aromatic heterocycles. The lowest BCUT2D eigenvalue weighted by molar-refractivity contribution is 0.0993. The van der Waals surface area contributed by atoms with E-state index in [-0.39, 0.29) is 11.4 Å². The minimum atomic E-state index is -0.748. The van der Waals surface area contributed by atoms with Gasteiger partial charge in [-0.1, -0.05) is 19.1 Å². The van der Waals surface area contributed by atoms with E-state index >= 15 is 0 Å². The molecule has 98 valence electrons. The average molecular weight is 261 g/mol. The average Bonchev–Trinajstić information content (AvgIpc) is 2.39. The van der Waals surface area contributed by atoms with Crippen molar-refractivity contribution in [2.45, 2.75) is 13.3 Å². The van der Waals surface area contributed by atoms with Crippen LogP contribution in [0.15, 0.2) is 35.1 Å². The number of halogens is 1. The van der Waals surface area contributed by atoms with Crippen LogP contribution < -0.4 is 11.3 Å². The Kier molecular flexibility index (Phi) is 3.41. The molecule has 0 bridgehead atoms. The molecule has 6 heteroatoms. The molecule has 19 heavy (non-hydrogen) atoms. The summed E-state index contributed by atoms with van der Waals surface area (Å²) in [5.41, 5.74) is 5.12. The maximum Gasteiger partial charge on any atom is 0.271 e. The number of benzene rings is 1. The molecule has 0 saturated heterocycles. The Hall–Kier alpha value is -2.50. The van der Waals surface area contributed by atoms with Crippen LogP contribution in [0.2, 0.25) is 0 Å². The number of nitrogens with two attached hydrogens (primary N) is 1. The molecule has 2 rings (SSSR count). The minimum Gasteiger partial charge on any atom is -0.364 e. The minimum absolute atomic E-state index is 0.0161. The molecule has 0 spiro atoms. The van der Waals surface area contributed by atoms with Crippen LogP contribution in [0.4, 0.5) is 4.39 Å². The Morgan fingerprint density at radius 1 is 1.42 bits per heavy atom. The van der Waals surface area contributed by atoms with Gasteiger partial charge in [0.1, 0.15) is 11.5 Å². The first-order valence-corrected chi connectivity index (χ1v) is 5.72. The van der Waals surface area contributed by atoms with E-state index in [1.807, 2.05) is 0 Å². The molecular weight excluding hydrogens is 249 g/mol. The fraction of sp³-hybridized carbons (Fsp3) is 0.154. The van der Waals surface area contributed by atoms with Crippen molar-refractivity contribution >= 4 is 5.91 Å². The van der Waals surface area contributed by atoms with Crippen LogP contribution in [0.3, 0.4) is 0 Å². The summed E-state index contributed by atoms with van der Waals surface area (Å²) in [4.78, 5) is 23.2. The first kappa shape index (κ1) is 12.9. The maximum atomic E-state index is 13.7. The van der Waals surface area contributed by atoms with Gasteiger partial charge in [-0.25, -0.2) is 4.39 Å². The summed E-state index contributed by atoms with van der Waals surface area (Å²) in [7, 11) is 0. The number of rotatable bonds is 3. The van der Waals surface area contributed by atoms with Crippen LogP contribution in [0.25, 0.3) is 5.69 Å². The number of nitrogens with zero attached hydrogens (tertiary/aromatic N) is 2. The number of hydrogen-bond acceptors (Lipinski definition) is 3. The molecule has 0 aliphatic heterocycles. The molecule has 5 nitrogen and oxygen atoms in total. The number of aryl methyl sites for hydroxylation is 1. The highest BCUT2D eigenvalue weighted by atomic mass is 19.1. The summed E-state index contributed by atoms with van der Waals surface area (Å²) in [6.45, 7) is 1.77. The normalized spacial score (nSPS) is 10.4. The number of aromatic nitrogens is 2. The SMILES string of the molecule is CCc1cc(=O)n(-c2ccccc2F)nc1C(N)=O. The molecule has 1 heterocycles. The first-order chi connectivity index (χ1) is 9.04. The van der Waals surface area contributed by atoms with E-state index in [2.05, 4.69) is 5.10 Å². The number of carbonyl (C=O) groups is 1. The van der Waals surface area contributed by atoms with E-state index in [1.54, 1.807) is 13.0 Å². The van der Waals surface area contributed by atoms with Crippen LogP contribution in [0, 0.1) is 5.82 Å². The van der Waals surface area contributed by atoms with E-state index in [0.717, 1.165) is 4.68 Å². The van der Waals surface area contributed by atoms with Gasteiger partial charge >= 0.3 is 0 Å². The Labute approximate surface area is 108 Å². The zero-order valence-electron chi connectivity index (χ0n) is 10.3. The quantitative estimate of drug-likeness (QED) is 0.896. The van der Waals surface area contributed by atoms with Crippen molar-refractivity contribution in [1.82, 2.24) is 9.78 Å². The third kappa shape index (κ3) is 2.37. The Morgan fingerprint density at radius 3 is 2.68 bits per heavy atom. The van der Waals surface area contributed by atoms with E-state index in [9.17, 15) is 14.0 Å². The molecule has 2 N–H and O–H groups in total. The molecular formula is C13H12FN3O2. The second kappa shape index (κ2) is 5.01. The number of amides is 1. The Bertz CT molecular complexity index is 695. The lowest BCUT2D eigenvalue weighted by Gasteiger charge is -2.09. The predicted molar refractivity (Wildman–Crippen MR) is 67.7 cm³/mol. The zero-order valence-corrected chi connectivity index (χ0v) is 10.3. The van der Waals surface area contributed by atoms with E-state index in [1.165, 1.54) is 24.3 Å². The van der Waals surface area contributed by atoms with Crippen molar-refractivity contribution in [2.75, 3.05) is 0 Å². The second-order valence-electron chi connectivity index (χ2n) is 3.94. The monoisotopic (exact) mass is 261 g/mol. The van der Waals surface area contributed by atoms with Gasteiger partial charge in [0.2, 0.25) is 0 Å². The van der Waals surface area contributed by atoms with Crippen molar-refractivity contribution in [3.8, 4) is 5.69 Å². The van der Waals surface area contributed by atoms with Crippen LogP contribution in [0.5, 0.6) is 0 Å². The number of carbonyl (C=O) groups excluding carboxylic acids is 1. The molecule has 0 fully saturated rings. The molecule has 0 radical (unpaired) electrons. The maximum absolute atomic E-state index is 13.7. The Balaban J connectivity index is 2.72. The third-order valence-electron chi connectivity index (χ3n) is 2.71. The molecule has 0 aliphatic carbocycles. The number of primary amides is 1.